The Bertz CT molecular complexity index is 812. The van der Waals surface area contributed by atoms with Crippen molar-refractivity contribution in [1.82, 2.24) is 19.9 Å². The van der Waals surface area contributed by atoms with Crippen LogP contribution in [0.5, 0.6) is 0 Å². The molecule has 146 valence electrons. The number of halogens is 2. The summed E-state index contributed by atoms with van der Waals surface area (Å²) in [5, 5.41) is 4.16. The van der Waals surface area contributed by atoms with Crippen molar-refractivity contribution >= 4 is 45.7 Å². The smallest absolute Gasteiger partial charge is 0.242 e. The second-order valence-corrected chi connectivity index (χ2v) is 7.92. The van der Waals surface area contributed by atoms with Crippen molar-refractivity contribution < 1.29 is 8.42 Å². The largest absolute Gasteiger partial charge is 0.314 e. The van der Waals surface area contributed by atoms with Crippen LogP contribution in [0.2, 0.25) is 0 Å². The average molecular weight is 421 g/mol. The number of benzene rings is 1. The van der Waals surface area contributed by atoms with Gasteiger partial charge in [-0.3, -0.25) is 4.98 Å². The number of fused-ring (bicyclic) bond motifs is 1. The number of aryl methyl sites for hydroxylation is 1. The lowest BCUT2D eigenvalue weighted by atomic mass is 10.2. The predicted molar refractivity (Wildman–Crippen MR) is 110 cm³/mol. The topological polar surface area (TPSA) is 74.3 Å². The summed E-state index contributed by atoms with van der Waals surface area (Å²) < 4.78 is 27.9. The van der Waals surface area contributed by atoms with Gasteiger partial charge in [0.2, 0.25) is 10.0 Å². The number of para-hydroxylation sites is 1. The highest BCUT2D eigenvalue weighted by Crippen LogP contribution is 2.21. The van der Waals surface area contributed by atoms with E-state index in [1.165, 1.54) is 0 Å². The molecule has 2 aromatic rings. The van der Waals surface area contributed by atoms with Gasteiger partial charge in [0, 0.05) is 44.3 Å². The molecular weight excluding hydrogens is 395 g/mol. The van der Waals surface area contributed by atoms with Gasteiger partial charge < -0.3 is 10.2 Å². The Labute approximate surface area is 167 Å². The van der Waals surface area contributed by atoms with E-state index in [1.807, 2.05) is 19.1 Å². The van der Waals surface area contributed by atoms with Gasteiger partial charge >= 0.3 is 0 Å². The van der Waals surface area contributed by atoms with Crippen LogP contribution in [0.15, 0.2) is 35.4 Å². The van der Waals surface area contributed by atoms with Crippen LogP contribution in [0.4, 0.5) is 0 Å². The second-order valence-electron chi connectivity index (χ2n) is 6.18. The van der Waals surface area contributed by atoms with E-state index < -0.39 is 10.0 Å². The maximum Gasteiger partial charge on any atom is 0.242 e. The molecule has 1 saturated heterocycles. The average Bonchev–Trinajstić information content (AvgIpc) is 2.59. The Morgan fingerprint density at radius 1 is 1.23 bits per heavy atom. The third kappa shape index (κ3) is 5.77. The molecule has 0 atom stereocenters. The van der Waals surface area contributed by atoms with Crippen molar-refractivity contribution in [2.75, 3.05) is 39.3 Å². The van der Waals surface area contributed by atoms with Crippen LogP contribution in [0, 0.1) is 6.92 Å². The Balaban J connectivity index is 0.00000169. The highest BCUT2D eigenvalue weighted by atomic mass is 35.5. The summed E-state index contributed by atoms with van der Waals surface area (Å²) in [6.45, 7) is 7.37. The summed E-state index contributed by atoms with van der Waals surface area (Å²) in [4.78, 5) is 6.92. The number of rotatable bonds is 6. The van der Waals surface area contributed by atoms with Gasteiger partial charge in [-0.05, 0) is 37.6 Å². The zero-order valence-corrected chi connectivity index (χ0v) is 17.2. The predicted octanol–water partition coefficient (Wildman–Crippen LogP) is 1.96. The normalized spacial score (nSPS) is 15.3. The minimum atomic E-state index is -3.55. The Morgan fingerprint density at radius 2 is 1.96 bits per heavy atom. The quantitative estimate of drug-likeness (QED) is 0.698. The van der Waals surface area contributed by atoms with E-state index in [4.69, 9.17) is 0 Å². The summed E-state index contributed by atoms with van der Waals surface area (Å²) >= 11 is 0. The lowest BCUT2D eigenvalue weighted by Crippen LogP contribution is -2.44. The molecule has 2 N–H and O–H groups in total. The highest BCUT2D eigenvalue weighted by Gasteiger charge is 2.18. The fourth-order valence-corrected chi connectivity index (χ4v) is 4.23. The zero-order chi connectivity index (χ0) is 17.0. The maximum atomic E-state index is 12.6. The van der Waals surface area contributed by atoms with Crippen LogP contribution in [0.3, 0.4) is 0 Å². The second kappa shape index (κ2) is 10.4. The van der Waals surface area contributed by atoms with Crippen molar-refractivity contribution in [2.45, 2.75) is 18.2 Å². The molecule has 0 aliphatic carbocycles. The van der Waals surface area contributed by atoms with Gasteiger partial charge in [-0.25, -0.2) is 13.1 Å². The van der Waals surface area contributed by atoms with Crippen LogP contribution in [-0.4, -0.2) is 57.6 Å². The third-order valence-corrected chi connectivity index (χ3v) is 5.75. The van der Waals surface area contributed by atoms with E-state index in [2.05, 4.69) is 19.9 Å². The Kier molecular flexibility index (Phi) is 9.23. The summed E-state index contributed by atoms with van der Waals surface area (Å²) in [6, 6.07) is 7.21. The molecule has 9 heteroatoms. The summed E-state index contributed by atoms with van der Waals surface area (Å²) in [7, 11) is -3.55. The SMILES string of the molecule is Cc1cnc2c(S(=O)(=O)NCCCN3CCNCC3)cccc2c1.Cl.Cl. The molecule has 6 nitrogen and oxygen atoms in total. The zero-order valence-electron chi connectivity index (χ0n) is 14.8. The number of pyridine rings is 1. The fourth-order valence-electron chi connectivity index (χ4n) is 2.98. The van der Waals surface area contributed by atoms with Gasteiger partial charge in [-0.1, -0.05) is 12.1 Å². The van der Waals surface area contributed by atoms with Crippen molar-refractivity contribution in [1.29, 1.82) is 0 Å². The first-order valence-electron chi connectivity index (χ1n) is 8.34. The van der Waals surface area contributed by atoms with Gasteiger partial charge in [0.15, 0.2) is 0 Å². The van der Waals surface area contributed by atoms with Gasteiger partial charge in [0.1, 0.15) is 4.90 Å². The van der Waals surface area contributed by atoms with E-state index in [1.54, 1.807) is 18.3 Å². The first-order chi connectivity index (χ1) is 11.6. The van der Waals surface area contributed by atoms with Crippen LogP contribution in [0.1, 0.15) is 12.0 Å². The van der Waals surface area contributed by atoms with Crippen molar-refractivity contribution in [3.8, 4) is 0 Å². The standard InChI is InChI=1S/C17H24N4O2S.2ClH/c1-14-12-15-4-2-5-16(17(15)19-13-14)24(22,23)20-6-3-9-21-10-7-18-8-11-21;;/h2,4-5,12-13,18,20H,3,6-11H2,1H3;2*1H. The summed E-state index contributed by atoms with van der Waals surface area (Å²) in [6.07, 6.45) is 2.50. The number of nitrogens with zero attached hydrogens (tertiary/aromatic N) is 2. The minimum Gasteiger partial charge on any atom is -0.314 e. The number of hydrogen-bond donors (Lipinski definition) is 2. The van der Waals surface area contributed by atoms with Gasteiger partial charge in [0.05, 0.1) is 5.52 Å². The molecule has 1 aliphatic heterocycles. The number of hydrogen-bond acceptors (Lipinski definition) is 5. The number of aromatic nitrogens is 1. The van der Waals surface area contributed by atoms with E-state index in [-0.39, 0.29) is 29.7 Å². The summed E-state index contributed by atoms with van der Waals surface area (Å²) in [5.74, 6) is 0. The first kappa shape index (κ1) is 23.1. The fraction of sp³-hybridized carbons (Fsp3) is 0.471. The molecular formula is C17H26Cl2N4O2S. The number of piperazine rings is 1. The minimum absolute atomic E-state index is 0. The molecule has 0 bridgehead atoms. The van der Waals surface area contributed by atoms with Gasteiger partial charge in [0.25, 0.3) is 0 Å². The van der Waals surface area contributed by atoms with Gasteiger partial charge in [-0.2, -0.15) is 0 Å². The lowest BCUT2D eigenvalue weighted by molar-refractivity contribution is 0.239. The number of nitrogens with one attached hydrogen (secondary N) is 2. The molecule has 1 aromatic carbocycles. The maximum absolute atomic E-state index is 12.6. The molecule has 1 fully saturated rings. The van der Waals surface area contributed by atoms with E-state index in [0.29, 0.717) is 12.1 Å². The van der Waals surface area contributed by atoms with Crippen molar-refractivity contribution in [2.24, 2.45) is 0 Å². The Hall–Kier alpha value is -0.960. The first-order valence-corrected chi connectivity index (χ1v) is 9.83. The monoisotopic (exact) mass is 420 g/mol. The molecule has 1 aromatic heterocycles. The van der Waals surface area contributed by atoms with E-state index >= 15 is 0 Å². The molecule has 3 rings (SSSR count). The molecule has 0 spiro atoms. The third-order valence-electron chi connectivity index (χ3n) is 4.25. The molecule has 1 aliphatic rings. The molecule has 0 radical (unpaired) electrons. The van der Waals surface area contributed by atoms with Crippen molar-refractivity contribution in [3.63, 3.8) is 0 Å². The van der Waals surface area contributed by atoms with Gasteiger partial charge in [-0.15, -0.1) is 24.8 Å². The summed E-state index contributed by atoms with van der Waals surface area (Å²) in [5.41, 5.74) is 1.54. The van der Waals surface area contributed by atoms with Crippen LogP contribution >= 0.6 is 24.8 Å². The van der Waals surface area contributed by atoms with Crippen LogP contribution in [0.25, 0.3) is 10.9 Å². The molecule has 2 heterocycles. The van der Waals surface area contributed by atoms with Crippen molar-refractivity contribution in [3.05, 3.63) is 36.0 Å². The molecule has 26 heavy (non-hydrogen) atoms. The Morgan fingerprint density at radius 3 is 2.69 bits per heavy atom. The molecule has 0 amide bonds. The number of sulfonamides is 1. The van der Waals surface area contributed by atoms with E-state index in [9.17, 15) is 8.42 Å². The lowest BCUT2D eigenvalue weighted by Gasteiger charge is -2.27. The molecule has 0 saturated carbocycles. The van der Waals surface area contributed by atoms with Crippen LogP contribution in [-0.2, 0) is 10.0 Å². The van der Waals surface area contributed by atoms with E-state index in [0.717, 1.165) is 50.1 Å². The molecule has 0 unspecified atom stereocenters. The highest BCUT2D eigenvalue weighted by molar-refractivity contribution is 7.89. The van der Waals surface area contributed by atoms with Crippen LogP contribution < -0.4 is 10.0 Å².